The zero-order valence-electron chi connectivity index (χ0n) is 11.4. The van der Waals surface area contributed by atoms with E-state index in [1.165, 1.54) is 11.0 Å². The molecule has 8 nitrogen and oxygen atoms in total. The van der Waals surface area contributed by atoms with Crippen LogP contribution in [0.2, 0.25) is 0 Å². The molecule has 1 amide bonds. The number of hydrogen-bond donors (Lipinski definition) is 0. The molecule has 1 aliphatic rings. The Kier molecular flexibility index (Phi) is 4.62. The zero-order chi connectivity index (χ0) is 15.2. The van der Waals surface area contributed by atoms with E-state index in [0.29, 0.717) is 0 Å². The normalized spacial score (nSPS) is 17.5. The van der Waals surface area contributed by atoms with Gasteiger partial charge in [-0.1, -0.05) is 30.3 Å². The van der Waals surface area contributed by atoms with Crippen molar-refractivity contribution in [3.63, 3.8) is 0 Å². The van der Waals surface area contributed by atoms with Crippen LogP contribution in [0, 0.1) is 10.1 Å². The van der Waals surface area contributed by atoms with Gasteiger partial charge >= 0.3 is 0 Å². The first-order chi connectivity index (χ1) is 10.1. The first-order valence-corrected chi connectivity index (χ1v) is 6.14. The van der Waals surface area contributed by atoms with Crippen molar-refractivity contribution in [1.82, 2.24) is 9.80 Å². The molecular weight excluding hydrogens is 276 g/mol. The van der Waals surface area contributed by atoms with Gasteiger partial charge in [-0.2, -0.15) is 0 Å². The van der Waals surface area contributed by atoms with Gasteiger partial charge < -0.3 is 9.64 Å². The lowest BCUT2D eigenvalue weighted by Crippen LogP contribution is -2.52. The van der Waals surface area contributed by atoms with E-state index in [1.807, 2.05) is 30.3 Å². The molecule has 0 N–H and O–H groups in total. The number of amides is 1. The first kappa shape index (κ1) is 14.7. The van der Waals surface area contributed by atoms with Crippen molar-refractivity contribution in [2.75, 3.05) is 20.5 Å². The topological polar surface area (TPSA) is 88.3 Å². The molecule has 0 unspecified atom stereocenters. The van der Waals surface area contributed by atoms with E-state index < -0.39 is 10.9 Å². The van der Waals surface area contributed by atoms with Crippen LogP contribution in [0.1, 0.15) is 5.56 Å². The van der Waals surface area contributed by atoms with Crippen molar-refractivity contribution >= 4 is 17.9 Å². The van der Waals surface area contributed by atoms with Crippen LogP contribution in [0.4, 0.5) is 0 Å². The molecule has 1 aromatic rings. The number of guanidine groups is 1. The molecule has 0 bridgehead atoms. The number of rotatable bonds is 3. The Bertz CT molecular complexity index is 585. The van der Waals surface area contributed by atoms with E-state index in [-0.39, 0.29) is 19.4 Å². The van der Waals surface area contributed by atoms with Gasteiger partial charge in [-0.25, -0.2) is 15.0 Å². The molecule has 1 aliphatic heterocycles. The van der Waals surface area contributed by atoms with Crippen LogP contribution in [-0.4, -0.2) is 47.2 Å². The summed E-state index contributed by atoms with van der Waals surface area (Å²) in [6.45, 7) is 0.0633. The Morgan fingerprint density at radius 1 is 1.38 bits per heavy atom. The van der Waals surface area contributed by atoms with E-state index in [9.17, 15) is 14.9 Å². The molecule has 0 aliphatic carbocycles. The highest BCUT2D eigenvalue weighted by molar-refractivity contribution is 6.03. The van der Waals surface area contributed by atoms with Gasteiger partial charge in [0.25, 0.3) is 11.9 Å². The van der Waals surface area contributed by atoms with Crippen LogP contribution in [0.25, 0.3) is 6.08 Å². The van der Waals surface area contributed by atoms with Crippen LogP contribution >= 0.6 is 0 Å². The lowest BCUT2D eigenvalue weighted by molar-refractivity contribution is -0.486. The second kappa shape index (κ2) is 6.62. The molecule has 1 heterocycles. The number of nitro groups is 1. The maximum atomic E-state index is 12.1. The number of hydrogen-bond acceptors (Lipinski definition) is 4. The van der Waals surface area contributed by atoms with Gasteiger partial charge in [-0.3, -0.25) is 4.79 Å². The smallest absolute Gasteiger partial charge is 0.284 e. The predicted octanol–water partition coefficient (Wildman–Crippen LogP) is 0.953. The third kappa shape index (κ3) is 3.86. The third-order valence-corrected chi connectivity index (χ3v) is 2.74. The molecule has 0 saturated carbocycles. The molecule has 110 valence electrons. The molecule has 1 fully saturated rings. The van der Waals surface area contributed by atoms with Crippen molar-refractivity contribution < 1.29 is 14.6 Å². The van der Waals surface area contributed by atoms with Gasteiger partial charge in [-0.15, -0.1) is 0 Å². The average Bonchev–Trinajstić information content (AvgIpc) is 2.47. The fraction of sp³-hybridized carbons (Fsp3) is 0.231. The maximum Gasteiger partial charge on any atom is 0.284 e. The van der Waals surface area contributed by atoms with Crippen molar-refractivity contribution in [3.05, 3.63) is 52.1 Å². The van der Waals surface area contributed by atoms with Crippen LogP contribution in [-0.2, 0) is 9.53 Å². The van der Waals surface area contributed by atoms with Crippen LogP contribution < -0.4 is 0 Å². The molecule has 0 atom stereocenters. The Morgan fingerprint density at radius 3 is 2.76 bits per heavy atom. The summed E-state index contributed by atoms with van der Waals surface area (Å²) in [7, 11) is 1.56. The summed E-state index contributed by atoms with van der Waals surface area (Å²) in [4.78, 5) is 25.2. The summed E-state index contributed by atoms with van der Waals surface area (Å²) in [5.74, 6) is -0.486. The van der Waals surface area contributed by atoms with Crippen molar-refractivity contribution in [2.45, 2.75) is 0 Å². The minimum Gasteiger partial charge on any atom is -0.340 e. The second-order valence-corrected chi connectivity index (χ2v) is 4.31. The van der Waals surface area contributed by atoms with E-state index in [0.717, 1.165) is 10.5 Å². The van der Waals surface area contributed by atoms with E-state index in [2.05, 4.69) is 5.10 Å². The van der Waals surface area contributed by atoms with E-state index in [4.69, 9.17) is 4.74 Å². The molecule has 21 heavy (non-hydrogen) atoms. The Hall–Kier alpha value is -2.74. The van der Waals surface area contributed by atoms with Crippen molar-refractivity contribution in [3.8, 4) is 0 Å². The van der Waals surface area contributed by atoms with Gasteiger partial charge in [0.2, 0.25) is 0 Å². The highest BCUT2D eigenvalue weighted by Crippen LogP contribution is 2.08. The van der Waals surface area contributed by atoms with Gasteiger partial charge in [0.1, 0.15) is 18.6 Å². The van der Waals surface area contributed by atoms with Gasteiger partial charge in [0.15, 0.2) is 5.03 Å². The summed E-state index contributed by atoms with van der Waals surface area (Å²) in [6, 6.07) is 9.25. The average molecular weight is 290 g/mol. The Labute approximate surface area is 121 Å². The summed E-state index contributed by atoms with van der Waals surface area (Å²) >= 11 is 0. The van der Waals surface area contributed by atoms with Crippen LogP contribution in [0.5, 0.6) is 0 Å². The highest BCUT2D eigenvalue weighted by Gasteiger charge is 2.28. The molecule has 0 radical (unpaired) electrons. The SMILES string of the molecule is CN1COCN(C(=O)/C=C/c2ccccc2)/C1=N/[N+](=O)[O-]. The number of hydrazone groups is 1. The van der Waals surface area contributed by atoms with Crippen LogP contribution in [0.15, 0.2) is 41.5 Å². The fourth-order valence-corrected chi connectivity index (χ4v) is 1.78. The molecule has 2 rings (SSSR count). The highest BCUT2D eigenvalue weighted by atomic mass is 16.7. The van der Waals surface area contributed by atoms with Crippen molar-refractivity contribution in [2.24, 2.45) is 5.10 Å². The van der Waals surface area contributed by atoms with Gasteiger partial charge in [-0.05, 0) is 11.6 Å². The number of nitrogens with zero attached hydrogens (tertiary/aromatic N) is 4. The number of benzene rings is 1. The fourth-order valence-electron chi connectivity index (χ4n) is 1.78. The summed E-state index contributed by atoms with van der Waals surface area (Å²) < 4.78 is 5.17. The second-order valence-electron chi connectivity index (χ2n) is 4.31. The van der Waals surface area contributed by atoms with Gasteiger partial charge in [0, 0.05) is 13.1 Å². The summed E-state index contributed by atoms with van der Waals surface area (Å²) in [5.41, 5.74) is 0.852. The van der Waals surface area contributed by atoms with E-state index in [1.54, 1.807) is 13.1 Å². The molecular formula is C13H14N4O4. The molecule has 8 heteroatoms. The standard InChI is InChI=1S/C13H14N4O4/c1-15-9-21-10-16(13(15)14-17(19)20)12(18)8-7-11-5-3-2-4-6-11/h2-8H,9-10H2,1H3/b8-7+,14-13+. The number of carbonyl (C=O) groups is 1. The monoisotopic (exact) mass is 290 g/mol. The Balaban J connectivity index is 2.16. The largest absolute Gasteiger partial charge is 0.340 e. The summed E-state index contributed by atoms with van der Waals surface area (Å²) in [5, 5.41) is 13.0. The lowest BCUT2D eigenvalue weighted by atomic mass is 10.2. The summed E-state index contributed by atoms with van der Waals surface area (Å²) in [6.07, 6.45) is 2.95. The van der Waals surface area contributed by atoms with Crippen LogP contribution in [0.3, 0.4) is 0 Å². The van der Waals surface area contributed by atoms with Gasteiger partial charge in [0.05, 0.1) is 0 Å². The minimum atomic E-state index is -0.835. The molecule has 1 saturated heterocycles. The van der Waals surface area contributed by atoms with Crippen molar-refractivity contribution in [1.29, 1.82) is 0 Å². The number of ether oxygens (including phenoxy) is 1. The molecule has 0 aromatic heterocycles. The number of carbonyl (C=O) groups excluding carboxylic acids is 1. The predicted molar refractivity (Wildman–Crippen MR) is 75.3 cm³/mol. The third-order valence-electron chi connectivity index (χ3n) is 2.74. The zero-order valence-corrected chi connectivity index (χ0v) is 11.4. The van der Waals surface area contributed by atoms with E-state index >= 15 is 0 Å². The molecule has 1 aromatic carbocycles. The lowest BCUT2D eigenvalue weighted by Gasteiger charge is -2.32. The Morgan fingerprint density at radius 2 is 2.10 bits per heavy atom. The first-order valence-electron chi connectivity index (χ1n) is 6.14. The molecule has 0 spiro atoms. The minimum absolute atomic E-state index is 0.0473. The maximum absolute atomic E-state index is 12.1. The quantitative estimate of drug-likeness (QED) is 0.470.